The van der Waals surface area contributed by atoms with E-state index in [0.29, 0.717) is 0 Å². The highest BCUT2D eigenvalue weighted by Gasteiger charge is 2.09. The van der Waals surface area contributed by atoms with Gasteiger partial charge in [0.25, 0.3) is 0 Å². The minimum absolute atomic E-state index is 0.142. The van der Waals surface area contributed by atoms with Gasteiger partial charge in [0.15, 0.2) is 0 Å². The van der Waals surface area contributed by atoms with E-state index < -0.39 is 0 Å². The zero-order valence-electron chi connectivity index (χ0n) is 9.41. The van der Waals surface area contributed by atoms with E-state index in [0.717, 1.165) is 17.3 Å². The number of nitrogens with two attached hydrogens (primary N) is 1. The van der Waals surface area contributed by atoms with Crippen LogP contribution in [0.25, 0.3) is 10.8 Å². The second kappa shape index (κ2) is 4.98. The second-order valence-corrected chi connectivity index (χ2v) is 4.93. The minimum Gasteiger partial charge on any atom is -0.324 e. The maximum Gasteiger partial charge on any atom is 0.0300 e. The van der Waals surface area contributed by atoms with Crippen LogP contribution in [0.1, 0.15) is 31.4 Å². The summed E-state index contributed by atoms with van der Waals surface area (Å²) in [6.45, 7) is 2.17. The average Bonchev–Trinajstić information content (AvgIpc) is 2.29. The van der Waals surface area contributed by atoms with Gasteiger partial charge in [-0.25, -0.2) is 0 Å². The molecule has 2 N–H and O–H groups in total. The van der Waals surface area contributed by atoms with Crippen molar-refractivity contribution in [3.63, 3.8) is 0 Å². The molecule has 2 aromatic rings. The first-order chi connectivity index (χ1) is 7.74. The van der Waals surface area contributed by atoms with E-state index in [4.69, 9.17) is 5.73 Å². The van der Waals surface area contributed by atoms with Crippen LogP contribution in [-0.4, -0.2) is 0 Å². The molecule has 0 saturated heterocycles. The average molecular weight is 278 g/mol. The highest BCUT2D eigenvalue weighted by molar-refractivity contribution is 9.10. The van der Waals surface area contributed by atoms with Gasteiger partial charge >= 0.3 is 0 Å². The monoisotopic (exact) mass is 277 g/mol. The molecule has 0 bridgehead atoms. The third-order valence-corrected chi connectivity index (χ3v) is 3.59. The maximum absolute atomic E-state index is 6.21. The summed E-state index contributed by atoms with van der Waals surface area (Å²) in [5.74, 6) is 0. The van der Waals surface area contributed by atoms with Crippen LogP contribution in [0.4, 0.5) is 0 Å². The Balaban J connectivity index is 2.58. The number of fused-ring (bicyclic) bond motifs is 1. The SMILES string of the molecule is CCCC(N)c1cccc2c(Br)cccc12. The predicted octanol–water partition coefficient (Wildman–Crippen LogP) is 4.40. The largest absolute Gasteiger partial charge is 0.324 e. The lowest BCUT2D eigenvalue weighted by Crippen LogP contribution is -2.10. The van der Waals surface area contributed by atoms with E-state index >= 15 is 0 Å². The van der Waals surface area contributed by atoms with Crippen molar-refractivity contribution in [1.29, 1.82) is 0 Å². The quantitative estimate of drug-likeness (QED) is 0.884. The minimum atomic E-state index is 0.142. The summed E-state index contributed by atoms with van der Waals surface area (Å²) in [6, 6.07) is 12.8. The number of hydrogen-bond donors (Lipinski definition) is 1. The molecule has 0 radical (unpaired) electrons. The molecule has 1 unspecified atom stereocenters. The number of halogens is 1. The van der Waals surface area contributed by atoms with Crippen LogP contribution in [0.2, 0.25) is 0 Å². The van der Waals surface area contributed by atoms with Crippen molar-refractivity contribution in [1.82, 2.24) is 0 Å². The summed E-state index contributed by atoms with van der Waals surface area (Å²) in [4.78, 5) is 0. The molecule has 0 heterocycles. The van der Waals surface area contributed by atoms with E-state index in [2.05, 4.69) is 59.3 Å². The van der Waals surface area contributed by atoms with Gasteiger partial charge in [0.1, 0.15) is 0 Å². The standard InChI is InChI=1S/C14H16BrN/c1-2-5-14(16)12-8-3-7-11-10(12)6-4-9-13(11)15/h3-4,6-9,14H,2,5,16H2,1H3. The predicted molar refractivity (Wildman–Crippen MR) is 73.5 cm³/mol. The molecule has 1 nitrogen and oxygen atoms in total. The molecule has 0 fully saturated rings. The lowest BCUT2D eigenvalue weighted by Gasteiger charge is -2.14. The first kappa shape index (κ1) is 11.6. The van der Waals surface area contributed by atoms with Crippen LogP contribution in [0.5, 0.6) is 0 Å². The van der Waals surface area contributed by atoms with Crippen molar-refractivity contribution in [2.24, 2.45) is 5.73 Å². The molecule has 2 aromatic carbocycles. The molecule has 0 aliphatic carbocycles. The van der Waals surface area contributed by atoms with E-state index in [9.17, 15) is 0 Å². The van der Waals surface area contributed by atoms with Gasteiger partial charge in [-0.3, -0.25) is 0 Å². The molecule has 0 amide bonds. The molecule has 2 heteroatoms. The van der Waals surface area contributed by atoms with Crippen LogP contribution < -0.4 is 5.73 Å². The lowest BCUT2D eigenvalue weighted by molar-refractivity contribution is 0.642. The molecule has 1 atom stereocenters. The van der Waals surface area contributed by atoms with Crippen LogP contribution in [0.15, 0.2) is 40.9 Å². The Labute approximate surface area is 105 Å². The van der Waals surface area contributed by atoms with E-state index in [1.807, 2.05) is 0 Å². The van der Waals surface area contributed by atoms with Gasteiger partial charge in [0.05, 0.1) is 0 Å². The highest BCUT2D eigenvalue weighted by atomic mass is 79.9. The third-order valence-electron chi connectivity index (χ3n) is 2.90. The van der Waals surface area contributed by atoms with Crippen LogP contribution in [0.3, 0.4) is 0 Å². The Morgan fingerprint density at radius 3 is 2.56 bits per heavy atom. The van der Waals surface area contributed by atoms with E-state index in [1.54, 1.807) is 0 Å². The summed E-state index contributed by atoms with van der Waals surface area (Å²) in [7, 11) is 0. The van der Waals surface area contributed by atoms with Gasteiger partial charge < -0.3 is 5.73 Å². The van der Waals surface area contributed by atoms with Crippen LogP contribution in [-0.2, 0) is 0 Å². The summed E-state index contributed by atoms with van der Waals surface area (Å²) in [5.41, 5.74) is 7.46. The van der Waals surface area contributed by atoms with Crippen LogP contribution in [0, 0.1) is 0 Å². The second-order valence-electron chi connectivity index (χ2n) is 4.08. The molecular weight excluding hydrogens is 262 g/mol. The molecule has 0 spiro atoms. The molecule has 0 aliphatic heterocycles. The summed E-state index contributed by atoms with van der Waals surface area (Å²) >= 11 is 3.58. The first-order valence-electron chi connectivity index (χ1n) is 5.66. The van der Waals surface area contributed by atoms with Crippen molar-refractivity contribution < 1.29 is 0 Å². The van der Waals surface area contributed by atoms with Gasteiger partial charge in [-0.05, 0) is 28.8 Å². The number of benzene rings is 2. The van der Waals surface area contributed by atoms with Crippen molar-refractivity contribution in [2.75, 3.05) is 0 Å². The Bertz CT molecular complexity index is 493. The zero-order valence-corrected chi connectivity index (χ0v) is 11.0. The Hall–Kier alpha value is -0.860. The molecule has 0 aromatic heterocycles. The fraction of sp³-hybridized carbons (Fsp3) is 0.286. The fourth-order valence-electron chi connectivity index (χ4n) is 2.09. The molecule has 84 valence electrons. The van der Waals surface area contributed by atoms with Crippen LogP contribution >= 0.6 is 15.9 Å². The molecule has 0 aliphatic rings. The smallest absolute Gasteiger partial charge is 0.0300 e. The maximum atomic E-state index is 6.21. The molecule has 2 rings (SSSR count). The topological polar surface area (TPSA) is 26.0 Å². The van der Waals surface area contributed by atoms with E-state index in [1.165, 1.54) is 16.3 Å². The lowest BCUT2D eigenvalue weighted by atomic mass is 9.97. The van der Waals surface area contributed by atoms with Crippen molar-refractivity contribution in [3.8, 4) is 0 Å². The normalized spacial score (nSPS) is 12.9. The molecular formula is C14H16BrN. The van der Waals surface area contributed by atoms with E-state index in [-0.39, 0.29) is 6.04 Å². The fourth-order valence-corrected chi connectivity index (χ4v) is 2.58. The van der Waals surface area contributed by atoms with Gasteiger partial charge in [0.2, 0.25) is 0 Å². The van der Waals surface area contributed by atoms with Gasteiger partial charge in [-0.1, -0.05) is 59.6 Å². The van der Waals surface area contributed by atoms with Crippen molar-refractivity contribution >= 4 is 26.7 Å². The Morgan fingerprint density at radius 1 is 1.12 bits per heavy atom. The Kier molecular flexibility index (Phi) is 3.62. The third kappa shape index (κ3) is 2.13. The van der Waals surface area contributed by atoms with Crippen molar-refractivity contribution in [2.45, 2.75) is 25.8 Å². The number of hydrogen-bond acceptors (Lipinski definition) is 1. The summed E-state index contributed by atoms with van der Waals surface area (Å²) < 4.78 is 1.13. The zero-order chi connectivity index (χ0) is 11.5. The molecule has 16 heavy (non-hydrogen) atoms. The van der Waals surface area contributed by atoms with Gasteiger partial charge in [0, 0.05) is 10.5 Å². The summed E-state index contributed by atoms with van der Waals surface area (Å²) in [6.07, 6.45) is 2.15. The molecule has 0 saturated carbocycles. The van der Waals surface area contributed by atoms with Crippen molar-refractivity contribution in [3.05, 3.63) is 46.4 Å². The van der Waals surface area contributed by atoms with Gasteiger partial charge in [-0.15, -0.1) is 0 Å². The van der Waals surface area contributed by atoms with Gasteiger partial charge in [-0.2, -0.15) is 0 Å². The summed E-state index contributed by atoms with van der Waals surface area (Å²) in [5, 5.41) is 2.50. The first-order valence-corrected chi connectivity index (χ1v) is 6.46. The highest BCUT2D eigenvalue weighted by Crippen LogP contribution is 2.30. The Morgan fingerprint density at radius 2 is 1.81 bits per heavy atom. The number of rotatable bonds is 3.